The molecular formula is C28H35BrN2. The van der Waals surface area contributed by atoms with Crippen LogP contribution in [0.5, 0.6) is 0 Å². The molecule has 0 fully saturated rings. The summed E-state index contributed by atoms with van der Waals surface area (Å²) in [4.78, 5) is 2.53. The van der Waals surface area contributed by atoms with Crippen molar-refractivity contribution in [3.63, 3.8) is 0 Å². The standard InChI is InChI=1S/C18H21N.C10H14BrN/c1-14(15-9-5-4-6-10-15)19-13-18(2,3)16-11-7-8-12-17(16)19;1-10(2,7-12)8-5-3-4-6-9(8)11/h4-12,14H,13H2,1-3H3;3-6H,7,12H2,1-2H3. The second kappa shape index (κ2) is 9.58. The molecule has 2 nitrogen and oxygen atoms in total. The van der Waals surface area contributed by atoms with Crippen LogP contribution in [0.15, 0.2) is 83.3 Å². The number of para-hydroxylation sites is 1. The topological polar surface area (TPSA) is 29.3 Å². The lowest BCUT2D eigenvalue weighted by Gasteiger charge is -2.29. The quantitative estimate of drug-likeness (QED) is 0.428. The van der Waals surface area contributed by atoms with Crippen molar-refractivity contribution in [2.24, 2.45) is 5.73 Å². The summed E-state index contributed by atoms with van der Waals surface area (Å²) in [6.45, 7) is 13.0. The third-order valence-corrected chi connectivity index (χ3v) is 7.06. The van der Waals surface area contributed by atoms with Crippen LogP contribution in [0.25, 0.3) is 0 Å². The van der Waals surface area contributed by atoms with Gasteiger partial charge in [0, 0.05) is 34.1 Å². The first-order valence-corrected chi connectivity index (χ1v) is 11.8. The van der Waals surface area contributed by atoms with Crippen molar-refractivity contribution in [1.82, 2.24) is 0 Å². The van der Waals surface area contributed by atoms with Gasteiger partial charge < -0.3 is 10.6 Å². The fourth-order valence-corrected chi connectivity index (χ4v) is 5.09. The molecule has 1 atom stereocenters. The van der Waals surface area contributed by atoms with Crippen molar-refractivity contribution in [2.45, 2.75) is 51.5 Å². The van der Waals surface area contributed by atoms with Crippen molar-refractivity contribution < 1.29 is 0 Å². The smallest absolute Gasteiger partial charge is 0.0514 e. The Hall–Kier alpha value is -2.10. The number of hydrogen-bond acceptors (Lipinski definition) is 2. The predicted octanol–water partition coefficient (Wildman–Crippen LogP) is 7.23. The molecule has 0 aliphatic carbocycles. The zero-order chi connectivity index (χ0) is 22.6. The second-order valence-corrected chi connectivity index (χ2v) is 10.5. The van der Waals surface area contributed by atoms with Crippen LogP contribution in [0.3, 0.4) is 0 Å². The van der Waals surface area contributed by atoms with Gasteiger partial charge in [0.2, 0.25) is 0 Å². The number of hydrogen-bond donors (Lipinski definition) is 1. The van der Waals surface area contributed by atoms with E-state index < -0.39 is 0 Å². The first-order valence-electron chi connectivity index (χ1n) is 11.0. The normalized spacial score (nSPS) is 15.6. The maximum Gasteiger partial charge on any atom is 0.0514 e. The van der Waals surface area contributed by atoms with Crippen LogP contribution in [0.4, 0.5) is 5.69 Å². The Labute approximate surface area is 196 Å². The molecule has 2 N–H and O–H groups in total. The monoisotopic (exact) mass is 478 g/mol. The van der Waals surface area contributed by atoms with Gasteiger partial charge in [-0.05, 0) is 35.7 Å². The molecule has 1 aliphatic rings. The Morgan fingerprint density at radius 1 is 0.935 bits per heavy atom. The van der Waals surface area contributed by atoms with E-state index >= 15 is 0 Å². The van der Waals surface area contributed by atoms with Gasteiger partial charge in [-0.1, -0.05) is 110 Å². The van der Waals surface area contributed by atoms with Crippen molar-refractivity contribution in [2.75, 3.05) is 18.0 Å². The minimum absolute atomic E-state index is 0.0556. The predicted molar refractivity (Wildman–Crippen MR) is 138 cm³/mol. The van der Waals surface area contributed by atoms with Gasteiger partial charge in [0.15, 0.2) is 0 Å². The number of nitrogens with two attached hydrogens (primary N) is 1. The average molecular weight is 480 g/mol. The lowest BCUT2D eigenvalue weighted by Crippen LogP contribution is -2.30. The van der Waals surface area contributed by atoms with Gasteiger partial charge in [0.25, 0.3) is 0 Å². The first kappa shape index (κ1) is 23.6. The van der Waals surface area contributed by atoms with E-state index in [-0.39, 0.29) is 10.8 Å². The van der Waals surface area contributed by atoms with E-state index in [1.165, 1.54) is 22.4 Å². The highest BCUT2D eigenvalue weighted by molar-refractivity contribution is 9.10. The van der Waals surface area contributed by atoms with Crippen LogP contribution in [-0.2, 0) is 10.8 Å². The van der Waals surface area contributed by atoms with Crippen LogP contribution in [0.2, 0.25) is 0 Å². The molecule has 1 heterocycles. The van der Waals surface area contributed by atoms with E-state index in [0.29, 0.717) is 12.6 Å². The summed E-state index contributed by atoms with van der Waals surface area (Å²) in [6.07, 6.45) is 0. The zero-order valence-electron chi connectivity index (χ0n) is 19.4. The van der Waals surface area contributed by atoms with Gasteiger partial charge in [-0.3, -0.25) is 0 Å². The number of benzene rings is 3. The lowest BCUT2D eigenvalue weighted by atomic mass is 9.85. The van der Waals surface area contributed by atoms with Gasteiger partial charge in [-0.2, -0.15) is 0 Å². The Balaban J connectivity index is 0.000000196. The number of halogens is 1. The van der Waals surface area contributed by atoms with Gasteiger partial charge in [-0.25, -0.2) is 0 Å². The molecule has 4 rings (SSSR count). The van der Waals surface area contributed by atoms with Crippen LogP contribution in [0, 0.1) is 0 Å². The van der Waals surface area contributed by atoms with Gasteiger partial charge in [0.05, 0.1) is 6.04 Å². The first-order chi connectivity index (χ1) is 14.7. The molecule has 0 radical (unpaired) electrons. The molecule has 0 amide bonds. The minimum Gasteiger partial charge on any atom is -0.364 e. The van der Waals surface area contributed by atoms with E-state index in [1.54, 1.807) is 0 Å². The molecule has 3 heteroatoms. The number of rotatable bonds is 4. The summed E-state index contributed by atoms with van der Waals surface area (Å²) in [5.74, 6) is 0. The number of fused-ring (bicyclic) bond motifs is 1. The molecule has 1 aliphatic heterocycles. The molecule has 3 aromatic carbocycles. The summed E-state index contributed by atoms with van der Waals surface area (Å²) in [5, 5.41) is 0. The zero-order valence-corrected chi connectivity index (χ0v) is 21.0. The maximum absolute atomic E-state index is 5.69. The molecular weight excluding hydrogens is 444 g/mol. The van der Waals surface area contributed by atoms with Crippen molar-refractivity contribution in [3.05, 3.63) is 100 Å². The highest BCUT2D eigenvalue weighted by atomic mass is 79.9. The highest BCUT2D eigenvalue weighted by Crippen LogP contribution is 2.43. The Morgan fingerprint density at radius 2 is 1.52 bits per heavy atom. The molecule has 0 aromatic heterocycles. The average Bonchev–Trinajstić information content (AvgIpc) is 3.05. The van der Waals surface area contributed by atoms with Crippen LogP contribution in [-0.4, -0.2) is 13.1 Å². The fourth-order valence-electron chi connectivity index (χ4n) is 4.27. The molecule has 0 saturated heterocycles. The Morgan fingerprint density at radius 3 is 2.16 bits per heavy atom. The number of anilines is 1. The maximum atomic E-state index is 5.69. The summed E-state index contributed by atoms with van der Waals surface area (Å²) in [6, 6.07) is 28.2. The van der Waals surface area contributed by atoms with Crippen LogP contribution in [0.1, 0.15) is 57.4 Å². The lowest BCUT2D eigenvalue weighted by molar-refractivity contribution is 0.528. The molecule has 3 aromatic rings. The number of nitrogens with zero attached hydrogens (tertiary/aromatic N) is 1. The molecule has 0 saturated carbocycles. The largest absolute Gasteiger partial charge is 0.364 e. The highest BCUT2D eigenvalue weighted by Gasteiger charge is 2.36. The fraction of sp³-hybridized carbons (Fsp3) is 0.357. The van der Waals surface area contributed by atoms with Crippen molar-refractivity contribution in [1.29, 1.82) is 0 Å². The second-order valence-electron chi connectivity index (χ2n) is 9.68. The molecule has 0 bridgehead atoms. The van der Waals surface area contributed by atoms with E-state index in [1.807, 2.05) is 18.2 Å². The molecule has 164 valence electrons. The van der Waals surface area contributed by atoms with Gasteiger partial charge in [-0.15, -0.1) is 0 Å². The van der Waals surface area contributed by atoms with Crippen molar-refractivity contribution in [3.8, 4) is 0 Å². The van der Waals surface area contributed by atoms with Gasteiger partial charge in [0.1, 0.15) is 0 Å². The Kier molecular flexibility index (Phi) is 7.28. The summed E-state index contributed by atoms with van der Waals surface area (Å²) in [7, 11) is 0. The van der Waals surface area contributed by atoms with E-state index in [4.69, 9.17) is 5.73 Å². The molecule has 1 unspecified atom stereocenters. The summed E-state index contributed by atoms with van der Waals surface area (Å²) < 4.78 is 1.14. The van der Waals surface area contributed by atoms with E-state index in [9.17, 15) is 0 Å². The minimum atomic E-state index is 0.0556. The summed E-state index contributed by atoms with van der Waals surface area (Å²) in [5.41, 5.74) is 11.5. The van der Waals surface area contributed by atoms with Gasteiger partial charge >= 0.3 is 0 Å². The van der Waals surface area contributed by atoms with Crippen LogP contribution >= 0.6 is 15.9 Å². The molecule has 31 heavy (non-hydrogen) atoms. The molecule has 0 spiro atoms. The summed E-state index contributed by atoms with van der Waals surface area (Å²) >= 11 is 3.52. The third-order valence-electron chi connectivity index (χ3n) is 6.37. The van der Waals surface area contributed by atoms with Crippen LogP contribution < -0.4 is 10.6 Å². The third kappa shape index (κ3) is 5.22. The van der Waals surface area contributed by atoms with E-state index in [0.717, 1.165) is 11.0 Å². The van der Waals surface area contributed by atoms with E-state index in [2.05, 4.69) is 116 Å². The SMILES string of the molecule is CC(C)(CN)c1ccccc1Br.CC(c1ccccc1)N1CC(C)(C)c2ccccc21. The Bertz CT molecular complexity index is 995. The van der Waals surface area contributed by atoms with Crippen molar-refractivity contribution >= 4 is 21.6 Å².